The van der Waals surface area contributed by atoms with Crippen molar-refractivity contribution in [2.75, 3.05) is 11.9 Å². The number of nitrogens with one attached hydrogen (secondary N) is 1. The average molecular weight is 625 g/mol. The maximum atomic E-state index is 16.8. The maximum absolute atomic E-state index is 16.8. The highest BCUT2D eigenvalue weighted by Gasteiger charge is 2.60. The first-order valence-electron chi connectivity index (χ1n) is 14.6. The standard InChI is InChI=1S/C32H45FN4O4Si2/c1-12-32(20-39-42(8,9)30(2,3)4)27(41-43(10,11)31(5,6)7)25(33)26(40-32)23-18-24-34-21-35-29(37(24)19-23)36-28(38)22-16-14-13-15-17-22/h1,13-19,21,25-27H,20H2,2-11H3,(H,34,35,36,38)/t25-,26-,27-,32+/m0/s1. The topological polar surface area (TPSA) is 87.0 Å². The summed E-state index contributed by atoms with van der Waals surface area (Å²) in [5, 5.41) is 2.56. The van der Waals surface area contributed by atoms with Gasteiger partial charge in [0.15, 0.2) is 28.4 Å². The van der Waals surface area contributed by atoms with Crippen LogP contribution in [0.15, 0.2) is 48.9 Å². The predicted octanol–water partition coefficient (Wildman–Crippen LogP) is 7.18. The fraction of sp³-hybridized carbons (Fsp3) is 0.531. The van der Waals surface area contributed by atoms with Crippen LogP contribution in [0.3, 0.4) is 0 Å². The van der Waals surface area contributed by atoms with Crippen LogP contribution >= 0.6 is 0 Å². The Bertz CT molecular complexity index is 1510. The first-order valence-corrected chi connectivity index (χ1v) is 20.4. The first-order chi connectivity index (χ1) is 19.8. The van der Waals surface area contributed by atoms with Gasteiger partial charge in [-0.3, -0.25) is 14.5 Å². The molecule has 4 atom stereocenters. The number of fused-ring (bicyclic) bond motifs is 1. The molecule has 3 heterocycles. The number of carbonyl (C=O) groups excluding carboxylic acids is 1. The summed E-state index contributed by atoms with van der Waals surface area (Å²) in [5.74, 6) is 2.71. The van der Waals surface area contributed by atoms with Crippen LogP contribution in [0, 0.1) is 12.3 Å². The van der Waals surface area contributed by atoms with Gasteiger partial charge in [0.2, 0.25) is 5.95 Å². The molecule has 0 spiro atoms. The van der Waals surface area contributed by atoms with Crippen LogP contribution < -0.4 is 5.32 Å². The summed E-state index contributed by atoms with van der Waals surface area (Å²) in [5.41, 5.74) is 0.0215. The Labute approximate surface area is 257 Å². The van der Waals surface area contributed by atoms with E-state index < -0.39 is 40.6 Å². The lowest BCUT2D eigenvalue weighted by Crippen LogP contribution is -2.56. The molecule has 1 aliphatic heterocycles. The molecule has 0 unspecified atom stereocenters. The van der Waals surface area contributed by atoms with Crippen molar-refractivity contribution in [1.82, 2.24) is 14.4 Å². The number of amides is 1. The molecule has 0 bridgehead atoms. The van der Waals surface area contributed by atoms with E-state index in [0.717, 1.165) is 0 Å². The van der Waals surface area contributed by atoms with Gasteiger partial charge >= 0.3 is 0 Å². The molecular formula is C32H45FN4O4Si2. The molecule has 1 amide bonds. The van der Waals surface area contributed by atoms with Gasteiger partial charge in [-0.15, -0.1) is 6.42 Å². The van der Waals surface area contributed by atoms with Crippen molar-refractivity contribution in [2.24, 2.45) is 0 Å². The number of rotatable bonds is 8. The summed E-state index contributed by atoms with van der Waals surface area (Å²) in [6.07, 6.45) is 5.55. The molecule has 3 aromatic rings. The van der Waals surface area contributed by atoms with Gasteiger partial charge in [0, 0.05) is 17.3 Å². The van der Waals surface area contributed by atoms with Crippen LogP contribution in [-0.2, 0) is 13.6 Å². The molecular weight excluding hydrogens is 580 g/mol. The summed E-state index contributed by atoms with van der Waals surface area (Å²) in [6.45, 7) is 21.2. The quantitative estimate of drug-likeness (QED) is 0.211. The number of hydrogen-bond donors (Lipinski definition) is 1. The van der Waals surface area contributed by atoms with Crippen molar-refractivity contribution in [3.8, 4) is 12.3 Å². The van der Waals surface area contributed by atoms with Gasteiger partial charge < -0.3 is 13.6 Å². The highest BCUT2D eigenvalue weighted by atomic mass is 28.4. The van der Waals surface area contributed by atoms with E-state index in [4.69, 9.17) is 20.0 Å². The van der Waals surface area contributed by atoms with E-state index in [1.54, 1.807) is 40.9 Å². The van der Waals surface area contributed by atoms with Crippen molar-refractivity contribution in [3.63, 3.8) is 0 Å². The van der Waals surface area contributed by atoms with Gasteiger partial charge in [0.05, 0.1) is 6.61 Å². The number of carbonyl (C=O) groups is 1. The molecule has 232 valence electrons. The number of nitrogens with zero attached hydrogens (tertiary/aromatic N) is 3. The molecule has 1 fully saturated rings. The minimum Gasteiger partial charge on any atom is -0.413 e. The Kier molecular flexibility index (Phi) is 8.87. The SMILES string of the molecule is C#C[C@]1(CO[Si](C)(C)C(C)(C)C)O[C@@H](c2cc3ncnc(NC(=O)c4ccccc4)n3c2)[C@H](F)[C@@H]1O[Si](C)(C)C(C)(C)C. The van der Waals surface area contributed by atoms with Crippen LogP contribution in [0.1, 0.15) is 63.6 Å². The predicted molar refractivity (Wildman–Crippen MR) is 173 cm³/mol. The van der Waals surface area contributed by atoms with Crippen LogP contribution in [-0.4, -0.2) is 61.4 Å². The minimum atomic E-state index is -2.49. The molecule has 11 heteroatoms. The van der Waals surface area contributed by atoms with Gasteiger partial charge in [-0.1, -0.05) is 65.7 Å². The van der Waals surface area contributed by atoms with Crippen molar-refractivity contribution in [2.45, 2.75) is 102 Å². The van der Waals surface area contributed by atoms with E-state index in [9.17, 15) is 4.79 Å². The second-order valence-electron chi connectivity index (χ2n) is 14.4. The Morgan fingerprint density at radius 2 is 1.72 bits per heavy atom. The third-order valence-electron chi connectivity index (χ3n) is 9.31. The van der Waals surface area contributed by atoms with Crippen molar-refractivity contribution in [1.29, 1.82) is 0 Å². The molecule has 2 aromatic heterocycles. The van der Waals surface area contributed by atoms with Crippen molar-refractivity contribution < 1.29 is 22.8 Å². The largest absolute Gasteiger partial charge is 0.413 e. The fourth-order valence-electron chi connectivity index (χ4n) is 4.42. The molecule has 1 aromatic carbocycles. The van der Waals surface area contributed by atoms with E-state index in [-0.39, 0.29) is 28.5 Å². The Hall–Kier alpha value is -2.89. The third-order valence-corrected chi connectivity index (χ3v) is 18.2. The molecule has 1 aliphatic rings. The summed E-state index contributed by atoms with van der Waals surface area (Å²) >= 11 is 0. The second-order valence-corrected chi connectivity index (χ2v) is 23.9. The number of terminal acetylenes is 1. The van der Waals surface area contributed by atoms with Crippen molar-refractivity contribution >= 4 is 34.1 Å². The second kappa shape index (κ2) is 11.6. The van der Waals surface area contributed by atoms with Gasteiger partial charge in [0.1, 0.15) is 24.2 Å². The highest BCUT2D eigenvalue weighted by Crippen LogP contribution is 2.49. The molecule has 0 aliphatic carbocycles. The van der Waals surface area contributed by atoms with Gasteiger partial charge in [-0.2, -0.15) is 0 Å². The lowest BCUT2D eigenvalue weighted by Gasteiger charge is -2.43. The van der Waals surface area contributed by atoms with Crippen molar-refractivity contribution in [3.05, 3.63) is 60.0 Å². The summed E-state index contributed by atoms with van der Waals surface area (Å²) in [7, 11) is -4.75. The van der Waals surface area contributed by atoms with Gasteiger partial charge in [0.25, 0.3) is 5.91 Å². The zero-order valence-corrected chi connectivity index (χ0v) is 29.0. The summed E-state index contributed by atoms with van der Waals surface area (Å²) < 4.78 is 38.2. The molecule has 4 rings (SSSR count). The maximum Gasteiger partial charge on any atom is 0.257 e. The Morgan fingerprint density at radius 1 is 1.09 bits per heavy atom. The molecule has 1 N–H and O–H groups in total. The number of halogens is 1. The number of benzene rings is 1. The van der Waals surface area contributed by atoms with Crippen LogP contribution in [0.25, 0.3) is 5.65 Å². The molecule has 0 saturated carbocycles. The normalized spacial score (nSPS) is 23.3. The van der Waals surface area contributed by atoms with Crippen LogP contribution in [0.5, 0.6) is 0 Å². The van der Waals surface area contributed by atoms with Crippen LogP contribution in [0.4, 0.5) is 10.3 Å². The Morgan fingerprint density at radius 3 is 2.30 bits per heavy atom. The third kappa shape index (κ3) is 6.49. The van der Waals surface area contributed by atoms with Crippen LogP contribution in [0.2, 0.25) is 36.3 Å². The minimum absolute atomic E-state index is 0.0156. The number of hydrogen-bond acceptors (Lipinski definition) is 6. The fourth-order valence-corrected chi connectivity index (χ4v) is 6.73. The van der Waals surface area contributed by atoms with Gasteiger partial charge in [-0.05, 0) is 54.5 Å². The lowest BCUT2D eigenvalue weighted by atomic mass is 9.96. The zero-order chi connectivity index (χ0) is 32.0. The zero-order valence-electron chi connectivity index (χ0n) is 27.0. The molecule has 43 heavy (non-hydrogen) atoms. The Balaban J connectivity index is 1.72. The number of alkyl halides is 1. The summed E-state index contributed by atoms with van der Waals surface area (Å²) in [6, 6.07) is 10.5. The number of ether oxygens (including phenoxy) is 1. The molecule has 1 saturated heterocycles. The van der Waals surface area contributed by atoms with E-state index in [1.165, 1.54) is 6.33 Å². The summed E-state index contributed by atoms with van der Waals surface area (Å²) in [4.78, 5) is 21.5. The van der Waals surface area contributed by atoms with E-state index in [1.807, 2.05) is 6.07 Å². The van der Waals surface area contributed by atoms with E-state index >= 15 is 4.39 Å². The monoisotopic (exact) mass is 624 g/mol. The number of anilines is 1. The highest BCUT2D eigenvalue weighted by molar-refractivity contribution is 6.74. The number of aromatic nitrogens is 3. The average Bonchev–Trinajstić information content (AvgIpc) is 3.47. The van der Waals surface area contributed by atoms with E-state index in [2.05, 4.69) is 88.9 Å². The first kappa shape index (κ1) is 33.0. The van der Waals surface area contributed by atoms with Gasteiger partial charge in [-0.25, -0.2) is 14.4 Å². The molecule has 8 nitrogen and oxygen atoms in total. The lowest BCUT2D eigenvalue weighted by molar-refractivity contribution is -0.0657. The smallest absolute Gasteiger partial charge is 0.257 e. The van der Waals surface area contributed by atoms with E-state index in [0.29, 0.717) is 16.8 Å². The molecule has 0 radical (unpaired) electrons.